The predicted molar refractivity (Wildman–Crippen MR) is 80.9 cm³/mol. The highest BCUT2D eigenvalue weighted by atomic mass is 16.6. The van der Waals surface area contributed by atoms with Gasteiger partial charge in [-0.15, -0.1) is 6.58 Å². The average molecular weight is 297 g/mol. The number of carbonyl (C=O) groups is 2. The second-order valence-corrected chi connectivity index (χ2v) is 6.49. The lowest BCUT2D eigenvalue weighted by molar-refractivity contribution is -0.141. The fourth-order valence-corrected chi connectivity index (χ4v) is 2.55. The maximum atomic E-state index is 12.1. The minimum atomic E-state index is -0.484. The molecule has 2 atom stereocenters. The Morgan fingerprint density at radius 2 is 2.05 bits per heavy atom. The van der Waals surface area contributed by atoms with Gasteiger partial charge in [0.25, 0.3) is 0 Å². The lowest BCUT2D eigenvalue weighted by atomic mass is 9.82. The molecule has 0 aromatic carbocycles. The molecule has 1 aliphatic heterocycles. The number of amides is 1. The van der Waals surface area contributed by atoms with Crippen molar-refractivity contribution in [3.63, 3.8) is 0 Å². The van der Waals surface area contributed by atoms with Crippen LogP contribution < -0.4 is 0 Å². The van der Waals surface area contributed by atoms with E-state index in [-0.39, 0.29) is 18.0 Å². The third-order valence-electron chi connectivity index (χ3n) is 3.71. The quantitative estimate of drug-likeness (QED) is 0.591. The van der Waals surface area contributed by atoms with E-state index in [1.807, 2.05) is 26.8 Å². The highest BCUT2D eigenvalue weighted by Crippen LogP contribution is 2.29. The SMILES string of the molecule is C=CC1CN(C(=O)OC(C)(C)C)CCC1CCC(=O)OC. The van der Waals surface area contributed by atoms with E-state index in [4.69, 9.17) is 4.74 Å². The van der Waals surface area contributed by atoms with Gasteiger partial charge in [0.05, 0.1) is 7.11 Å². The highest BCUT2D eigenvalue weighted by molar-refractivity contribution is 5.69. The molecule has 2 unspecified atom stereocenters. The lowest BCUT2D eigenvalue weighted by Gasteiger charge is -2.37. The van der Waals surface area contributed by atoms with E-state index < -0.39 is 5.60 Å². The Balaban J connectivity index is 2.54. The molecule has 1 aliphatic rings. The molecule has 0 bridgehead atoms. The number of methoxy groups -OCH3 is 1. The van der Waals surface area contributed by atoms with Crippen LogP contribution in [0.25, 0.3) is 0 Å². The minimum Gasteiger partial charge on any atom is -0.469 e. The van der Waals surface area contributed by atoms with Gasteiger partial charge in [0.15, 0.2) is 0 Å². The molecule has 0 aliphatic carbocycles. The van der Waals surface area contributed by atoms with Crippen LogP contribution in [0.3, 0.4) is 0 Å². The molecule has 5 heteroatoms. The molecule has 0 aromatic heterocycles. The Morgan fingerprint density at radius 1 is 1.38 bits per heavy atom. The van der Waals surface area contributed by atoms with Crippen molar-refractivity contribution in [1.82, 2.24) is 4.90 Å². The number of nitrogens with zero attached hydrogens (tertiary/aromatic N) is 1. The summed E-state index contributed by atoms with van der Waals surface area (Å²) in [5, 5.41) is 0. The van der Waals surface area contributed by atoms with E-state index in [1.165, 1.54) is 7.11 Å². The number of piperidine rings is 1. The van der Waals surface area contributed by atoms with Crippen molar-refractivity contribution in [2.24, 2.45) is 11.8 Å². The van der Waals surface area contributed by atoms with E-state index in [0.717, 1.165) is 12.8 Å². The molecule has 5 nitrogen and oxygen atoms in total. The van der Waals surface area contributed by atoms with Crippen LogP contribution in [-0.2, 0) is 14.3 Å². The first-order chi connectivity index (χ1) is 9.76. The fourth-order valence-electron chi connectivity index (χ4n) is 2.55. The van der Waals surface area contributed by atoms with Crippen molar-refractivity contribution in [2.45, 2.75) is 45.6 Å². The number of ether oxygens (including phenoxy) is 2. The monoisotopic (exact) mass is 297 g/mol. The second-order valence-electron chi connectivity index (χ2n) is 6.49. The van der Waals surface area contributed by atoms with Crippen LogP contribution in [-0.4, -0.2) is 42.8 Å². The van der Waals surface area contributed by atoms with Gasteiger partial charge >= 0.3 is 12.1 Å². The summed E-state index contributed by atoms with van der Waals surface area (Å²) in [6, 6.07) is 0. The molecule has 1 heterocycles. The molecule has 1 fully saturated rings. The molecule has 0 spiro atoms. The summed E-state index contributed by atoms with van der Waals surface area (Å²) in [7, 11) is 1.40. The zero-order valence-corrected chi connectivity index (χ0v) is 13.6. The van der Waals surface area contributed by atoms with Crippen LogP contribution in [0.4, 0.5) is 4.79 Å². The number of hydrogen-bond donors (Lipinski definition) is 0. The zero-order valence-electron chi connectivity index (χ0n) is 13.6. The number of carbonyl (C=O) groups excluding carboxylic acids is 2. The normalized spacial score (nSPS) is 22.6. The van der Waals surface area contributed by atoms with Crippen molar-refractivity contribution >= 4 is 12.1 Å². The Kier molecular flexibility index (Phi) is 6.24. The van der Waals surface area contributed by atoms with E-state index in [1.54, 1.807) is 4.90 Å². The van der Waals surface area contributed by atoms with Crippen molar-refractivity contribution in [2.75, 3.05) is 20.2 Å². The summed E-state index contributed by atoms with van der Waals surface area (Å²) in [5.74, 6) is 0.364. The van der Waals surface area contributed by atoms with Crippen LogP contribution in [0.1, 0.15) is 40.0 Å². The number of esters is 1. The molecule has 0 radical (unpaired) electrons. The Bertz CT molecular complexity index is 386. The molecule has 0 saturated carbocycles. The van der Waals surface area contributed by atoms with E-state index in [2.05, 4.69) is 11.3 Å². The molecule has 1 rings (SSSR count). The van der Waals surface area contributed by atoms with Gasteiger partial charge in [-0.3, -0.25) is 4.79 Å². The van der Waals surface area contributed by atoms with E-state index in [9.17, 15) is 9.59 Å². The van der Waals surface area contributed by atoms with E-state index >= 15 is 0 Å². The molecule has 0 N–H and O–H groups in total. The molecule has 0 aromatic rings. The van der Waals surface area contributed by atoms with Crippen LogP contribution in [0.2, 0.25) is 0 Å². The first kappa shape index (κ1) is 17.5. The first-order valence-electron chi connectivity index (χ1n) is 7.44. The van der Waals surface area contributed by atoms with Gasteiger partial charge in [-0.05, 0) is 45.4 Å². The smallest absolute Gasteiger partial charge is 0.410 e. The van der Waals surface area contributed by atoms with Gasteiger partial charge in [-0.25, -0.2) is 4.79 Å². The Hall–Kier alpha value is -1.52. The summed E-state index contributed by atoms with van der Waals surface area (Å²) in [6.07, 6.45) is 3.63. The van der Waals surface area contributed by atoms with Crippen LogP contribution in [0.5, 0.6) is 0 Å². The molecular formula is C16H27NO4. The average Bonchev–Trinajstić information content (AvgIpc) is 2.42. The van der Waals surface area contributed by atoms with Crippen LogP contribution in [0, 0.1) is 11.8 Å². The first-order valence-corrected chi connectivity index (χ1v) is 7.44. The lowest BCUT2D eigenvalue weighted by Crippen LogP contribution is -2.45. The largest absolute Gasteiger partial charge is 0.469 e. The van der Waals surface area contributed by atoms with Crippen LogP contribution >= 0.6 is 0 Å². The Labute approximate surface area is 127 Å². The molecule has 1 amide bonds. The van der Waals surface area contributed by atoms with Crippen molar-refractivity contribution in [3.8, 4) is 0 Å². The summed E-state index contributed by atoms with van der Waals surface area (Å²) < 4.78 is 10.1. The van der Waals surface area contributed by atoms with Gasteiger partial charge in [0.1, 0.15) is 5.60 Å². The summed E-state index contributed by atoms with van der Waals surface area (Å²) in [4.78, 5) is 25.1. The summed E-state index contributed by atoms with van der Waals surface area (Å²) in [5.41, 5.74) is -0.484. The topological polar surface area (TPSA) is 55.8 Å². The second kappa shape index (κ2) is 7.48. The van der Waals surface area contributed by atoms with Crippen LogP contribution in [0.15, 0.2) is 12.7 Å². The summed E-state index contributed by atoms with van der Waals surface area (Å²) >= 11 is 0. The summed E-state index contributed by atoms with van der Waals surface area (Å²) in [6.45, 7) is 10.7. The predicted octanol–water partition coefficient (Wildman–Crippen LogP) is 3.00. The maximum absolute atomic E-state index is 12.1. The molecule has 120 valence electrons. The van der Waals surface area contributed by atoms with Gasteiger partial charge < -0.3 is 14.4 Å². The minimum absolute atomic E-state index is 0.188. The Morgan fingerprint density at radius 3 is 2.57 bits per heavy atom. The van der Waals surface area contributed by atoms with Gasteiger partial charge in [0, 0.05) is 19.5 Å². The fraction of sp³-hybridized carbons (Fsp3) is 0.750. The van der Waals surface area contributed by atoms with Crippen molar-refractivity contribution < 1.29 is 19.1 Å². The number of likely N-dealkylation sites (tertiary alicyclic amines) is 1. The standard InChI is InChI=1S/C16H27NO4/c1-6-12-11-17(15(19)21-16(2,3)4)10-9-13(12)7-8-14(18)20-5/h6,12-13H,1,7-11H2,2-5H3. The number of rotatable bonds is 4. The number of hydrogen-bond acceptors (Lipinski definition) is 4. The van der Waals surface area contributed by atoms with E-state index in [0.29, 0.717) is 25.4 Å². The molecular weight excluding hydrogens is 270 g/mol. The third kappa shape index (κ3) is 5.78. The highest BCUT2D eigenvalue weighted by Gasteiger charge is 2.32. The van der Waals surface area contributed by atoms with Gasteiger partial charge in [-0.2, -0.15) is 0 Å². The molecule has 21 heavy (non-hydrogen) atoms. The molecule has 1 saturated heterocycles. The van der Waals surface area contributed by atoms with Gasteiger partial charge in [0.2, 0.25) is 0 Å². The third-order valence-corrected chi connectivity index (χ3v) is 3.71. The van der Waals surface area contributed by atoms with Crippen molar-refractivity contribution in [1.29, 1.82) is 0 Å². The van der Waals surface area contributed by atoms with Gasteiger partial charge in [-0.1, -0.05) is 6.08 Å². The van der Waals surface area contributed by atoms with Crippen molar-refractivity contribution in [3.05, 3.63) is 12.7 Å². The zero-order chi connectivity index (χ0) is 16.0. The maximum Gasteiger partial charge on any atom is 0.410 e.